The van der Waals surface area contributed by atoms with Crippen molar-refractivity contribution in [2.75, 3.05) is 11.9 Å². The Balaban J connectivity index is 1.50. The van der Waals surface area contributed by atoms with E-state index in [2.05, 4.69) is 26.2 Å². The molecule has 0 saturated carbocycles. The van der Waals surface area contributed by atoms with E-state index in [4.69, 9.17) is 4.74 Å². The second-order valence-electron chi connectivity index (χ2n) is 5.73. The Morgan fingerprint density at radius 3 is 2.63 bits per heavy atom. The number of amides is 1. The van der Waals surface area contributed by atoms with Gasteiger partial charge in [-0.1, -0.05) is 28.1 Å². The molecule has 0 fully saturated rings. The van der Waals surface area contributed by atoms with Gasteiger partial charge in [0, 0.05) is 16.7 Å². The number of carbonyl (C=O) groups excluding carboxylic acids is 2. The highest BCUT2D eigenvalue weighted by Gasteiger charge is 2.10. The van der Waals surface area contributed by atoms with Gasteiger partial charge >= 0.3 is 5.97 Å². The van der Waals surface area contributed by atoms with Crippen molar-refractivity contribution in [3.05, 3.63) is 69.7 Å². The van der Waals surface area contributed by atoms with Crippen molar-refractivity contribution in [3.8, 4) is 0 Å². The summed E-state index contributed by atoms with van der Waals surface area (Å²) in [7, 11) is 0. The van der Waals surface area contributed by atoms with Crippen molar-refractivity contribution in [2.45, 2.75) is 13.0 Å². The Morgan fingerprint density at radius 2 is 1.85 bits per heavy atom. The van der Waals surface area contributed by atoms with Gasteiger partial charge in [-0.2, -0.15) is 0 Å². The van der Waals surface area contributed by atoms with E-state index in [9.17, 15) is 14.4 Å². The average Bonchev–Trinajstić information content (AvgIpc) is 2.68. The number of nitrogens with zero attached hydrogens (tertiary/aromatic N) is 2. The SMILES string of the molecule is O=C(COC(=O)CCn1cnc2ccccc2c1=O)Nc1ccc(Br)cc1. The molecular weight excluding hydrogens is 414 g/mol. The summed E-state index contributed by atoms with van der Waals surface area (Å²) in [6.45, 7) is -0.260. The monoisotopic (exact) mass is 429 g/mol. The van der Waals surface area contributed by atoms with E-state index in [0.29, 0.717) is 16.6 Å². The molecule has 2 aromatic carbocycles. The van der Waals surface area contributed by atoms with Crippen LogP contribution in [0.25, 0.3) is 10.9 Å². The Bertz CT molecular complexity index is 1030. The van der Waals surface area contributed by atoms with Crippen molar-refractivity contribution in [1.29, 1.82) is 0 Å². The van der Waals surface area contributed by atoms with Gasteiger partial charge in [-0.15, -0.1) is 0 Å². The lowest BCUT2D eigenvalue weighted by Crippen LogP contribution is -2.24. The predicted octanol–water partition coefficient (Wildman–Crippen LogP) is 2.73. The zero-order chi connectivity index (χ0) is 19.2. The second-order valence-corrected chi connectivity index (χ2v) is 6.64. The minimum absolute atomic E-state index is 0.0362. The molecule has 0 radical (unpaired) electrons. The molecule has 0 bridgehead atoms. The van der Waals surface area contributed by atoms with Crippen LogP contribution in [0.4, 0.5) is 5.69 Å². The highest BCUT2D eigenvalue weighted by molar-refractivity contribution is 9.10. The fourth-order valence-electron chi connectivity index (χ4n) is 2.43. The number of para-hydroxylation sites is 1. The van der Waals surface area contributed by atoms with E-state index in [1.54, 1.807) is 48.5 Å². The number of aryl methyl sites for hydroxylation is 1. The van der Waals surface area contributed by atoms with Gasteiger partial charge < -0.3 is 10.1 Å². The number of aromatic nitrogens is 2. The summed E-state index contributed by atoms with van der Waals surface area (Å²) in [6, 6.07) is 14.0. The molecule has 1 heterocycles. The highest BCUT2D eigenvalue weighted by atomic mass is 79.9. The molecule has 27 heavy (non-hydrogen) atoms. The summed E-state index contributed by atoms with van der Waals surface area (Å²) in [5, 5.41) is 3.11. The smallest absolute Gasteiger partial charge is 0.308 e. The zero-order valence-corrected chi connectivity index (χ0v) is 15.8. The molecule has 0 unspecified atom stereocenters. The minimum atomic E-state index is -0.569. The third-order valence-electron chi connectivity index (χ3n) is 3.78. The van der Waals surface area contributed by atoms with E-state index in [0.717, 1.165) is 4.47 Å². The number of hydrogen-bond donors (Lipinski definition) is 1. The number of fused-ring (bicyclic) bond motifs is 1. The molecule has 3 rings (SSSR count). The van der Waals surface area contributed by atoms with Crippen LogP contribution in [0.3, 0.4) is 0 Å². The van der Waals surface area contributed by atoms with Crippen molar-refractivity contribution in [2.24, 2.45) is 0 Å². The number of halogens is 1. The summed E-state index contributed by atoms with van der Waals surface area (Å²) in [4.78, 5) is 40.2. The van der Waals surface area contributed by atoms with Gasteiger partial charge in [0.15, 0.2) is 6.61 Å². The normalized spacial score (nSPS) is 10.6. The predicted molar refractivity (Wildman–Crippen MR) is 104 cm³/mol. The Morgan fingerprint density at radius 1 is 1.11 bits per heavy atom. The van der Waals surface area contributed by atoms with Crippen LogP contribution in [0.15, 0.2) is 64.1 Å². The van der Waals surface area contributed by atoms with Gasteiger partial charge in [0.1, 0.15) is 0 Å². The summed E-state index contributed by atoms with van der Waals surface area (Å²) < 4.78 is 7.20. The minimum Gasteiger partial charge on any atom is -0.456 e. The maximum Gasteiger partial charge on any atom is 0.308 e. The van der Waals surface area contributed by atoms with Crippen LogP contribution >= 0.6 is 15.9 Å². The molecule has 0 spiro atoms. The number of hydrogen-bond acceptors (Lipinski definition) is 5. The van der Waals surface area contributed by atoms with Gasteiger partial charge in [0.05, 0.1) is 23.7 Å². The Labute approximate surface area is 163 Å². The van der Waals surface area contributed by atoms with Crippen LogP contribution in [0.1, 0.15) is 6.42 Å². The first-order chi connectivity index (χ1) is 13.0. The van der Waals surface area contributed by atoms with E-state index in [-0.39, 0.29) is 25.1 Å². The van der Waals surface area contributed by atoms with E-state index in [1.165, 1.54) is 10.9 Å². The van der Waals surface area contributed by atoms with Crippen molar-refractivity contribution in [1.82, 2.24) is 9.55 Å². The quantitative estimate of drug-likeness (QED) is 0.608. The summed E-state index contributed by atoms with van der Waals surface area (Å²) in [5.41, 5.74) is 0.986. The summed E-state index contributed by atoms with van der Waals surface area (Å²) in [6.07, 6.45) is 1.36. The molecule has 8 heteroatoms. The van der Waals surface area contributed by atoms with E-state index in [1.807, 2.05) is 0 Å². The van der Waals surface area contributed by atoms with Gasteiger partial charge in [-0.05, 0) is 36.4 Å². The zero-order valence-electron chi connectivity index (χ0n) is 14.2. The molecule has 1 amide bonds. The van der Waals surface area contributed by atoms with Gasteiger partial charge in [-0.25, -0.2) is 4.98 Å². The number of ether oxygens (including phenoxy) is 1. The molecule has 3 aromatic rings. The van der Waals surface area contributed by atoms with E-state index >= 15 is 0 Å². The van der Waals surface area contributed by atoms with E-state index < -0.39 is 11.9 Å². The number of anilines is 1. The topological polar surface area (TPSA) is 90.3 Å². The number of benzene rings is 2. The molecule has 0 saturated heterocycles. The van der Waals surface area contributed by atoms with Crippen LogP contribution in [0.2, 0.25) is 0 Å². The lowest BCUT2D eigenvalue weighted by Gasteiger charge is -2.08. The first-order valence-corrected chi connectivity index (χ1v) is 8.97. The molecule has 1 aromatic heterocycles. The summed E-state index contributed by atoms with van der Waals surface area (Å²) >= 11 is 3.31. The standard InChI is InChI=1S/C19H16BrN3O4/c20-13-5-7-14(8-6-13)22-17(24)11-27-18(25)9-10-23-12-21-16-4-2-1-3-15(16)19(23)26/h1-8,12H,9-11H2,(H,22,24). The number of carbonyl (C=O) groups is 2. The molecule has 0 aliphatic carbocycles. The van der Waals surface area contributed by atoms with Crippen LogP contribution in [-0.4, -0.2) is 28.0 Å². The summed E-state index contributed by atoms with van der Waals surface area (Å²) in [5.74, 6) is -1.00. The third kappa shape index (κ3) is 5.01. The average molecular weight is 430 g/mol. The highest BCUT2D eigenvalue weighted by Crippen LogP contribution is 2.14. The van der Waals surface area contributed by atoms with Gasteiger partial charge in [0.2, 0.25) is 0 Å². The van der Waals surface area contributed by atoms with Crippen LogP contribution < -0.4 is 10.9 Å². The fraction of sp³-hybridized carbons (Fsp3) is 0.158. The molecule has 0 aliphatic heterocycles. The molecular formula is C19H16BrN3O4. The fourth-order valence-corrected chi connectivity index (χ4v) is 2.69. The van der Waals surface area contributed by atoms with Gasteiger partial charge in [0.25, 0.3) is 11.5 Å². The van der Waals surface area contributed by atoms with Crippen LogP contribution in [0.5, 0.6) is 0 Å². The lowest BCUT2D eigenvalue weighted by atomic mass is 10.2. The maximum atomic E-state index is 12.3. The molecule has 0 aliphatic rings. The largest absolute Gasteiger partial charge is 0.456 e. The number of nitrogens with one attached hydrogen (secondary N) is 1. The van der Waals surface area contributed by atoms with Crippen molar-refractivity contribution in [3.63, 3.8) is 0 Å². The second kappa shape index (κ2) is 8.59. The Kier molecular flexibility index (Phi) is 5.97. The molecule has 138 valence electrons. The molecule has 7 nitrogen and oxygen atoms in total. The number of esters is 1. The molecule has 0 atom stereocenters. The van der Waals surface area contributed by atoms with Crippen molar-refractivity contribution >= 4 is 44.4 Å². The first-order valence-electron chi connectivity index (χ1n) is 8.18. The van der Waals surface area contributed by atoms with Gasteiger partial charge in [-0.3, -0.25) is 19.0 Å². The van der Waals surface area contributed by atoms with Crippen molar-refractivity contribution < 1.29 is 14.3 Å². The maximum absolute atomic E-state index is 12.3. The van der Waals surface area contributed by atoms with Crippen LogP contribution in [0, 0.1) is 0 Å². The van der Waals surface area contributed by atoms with Crippen LogP contribution in [-0.2, 0) is 20.9 Å². The Hall–Kier alpha value is -3.00. The molecule has 1 N–H and O–H groups in total. The lowest BCUT2D eigenvalue weighted by molar-refractivity contribution is -0.147. The first kappa shape index (κ1) is 18.8. The third-order valence-corrected chi connectivity index (χ3v) is 4.31. The number of rotatable bonds is 6.